The van der Waals surface area contributed by atoms with Crippen LogP contribution in [0.4, 0.5) is 15.0 Å². The molecule has 1 fully saturated rings. The van der Waals surface area contributed by atoms with E-state index in [0.717, 1.165) is 5.56 Å². The number of nitrogens with zero attached hydrogens (tertiary/aromatic N) is 3. The molecule has 0 aromatic carbocycles. The number of halogens is 1. The summed E-state index contributed by atoms with van der Waals surface area (Å²) in [6.45, 7) is 3.94. The van der Waals surface area contributed by atoms with Gasteiger partial charge in [0.2, 0.25) is 0 Å². The SMILES string of the molecule is CC(=O)c1nc2c(cc1F)C[C@@H]1CN(C(=O)O)C[C@@H](C)N21. The van der Waals surface area contributed by atoms with E-state index in [2.05, 4.69) is 4.98 Å². The van der Waals surface area contributed by atoms with Crippen LogP contribution in [-0.4, -0.2) is 52.0 Å². The maximum atomic E-state index is 13.9. The number of hydrogen-bond donors (Lipinski definition) is 1. The Morgan fingerprint density at radius 1 is 1.43 bits per heavy atom. The number of anilines is 1. The summed E-state index contributed by atoms with van der Waals surface area (Å²) in [7, 11) is 0. The minimum atomic E-state index is -0.943. The molecule has 7 heteroatoms. The van der Waals surface area contributed by atoms with Crippen molar-refractivity contribution < 1.29 is 19.1 Å². The topological polar surface area (TPSA) is 73.7 Å². The lowest BCUT2D eigenvalue weighted by molar-refractivity contribution is 0.100. The number of Topliss-reactive ketones (excluding diaryl/α,β-unsaturated/α-hetero) is 1. The summed E-state index contributed by atoms with van der Waals surface area (Å²) in [5, 5.41) is 9.14. The zero-order valence-electron chi connectivity index (χ0n) is 11.8. The molecule has 0 spiro atoms. The van der Waals surface area contributed by atoms with Gasteiger partial charge in [0.25, 0.3) is 0 Å². The van der Waals surface area contributed by atoms with Gasteiger partial charge < -0.3 is 14.9 Å². The summed E-state index contributed by atoms with van der Waals surface area (Å²) in [4.78, 5) is 30.2. The van der Waals surface area contributed by atoms with Gasteiger partial charge in [0, 0.05) is 26.1 Å². The van der Waals surface area contributed by atoms with Crippen LogP contribution in [0, 0.1) is 5.82 Å². The molecule has 2 aliphatic heterocycles. The fourth-order valence-electron chi connectivity index (χ4n) is 3.28. The van der Waals surface area contributed by atoms with Crippen LogP contribution in [0.15, 0.2) is 6.07 Å². The molecule has 0 radical (unpaired) electrons. The van der Waals surface area contributed by atoms with Crippen molar-refractivity contribution in [2.75, 3.05) is 18.0 Å². The highest BCUT2D eigenvalue weighted by atomic mass is 19.1. The van der Waals surface area contributed by atoms with Crippen LogP contribution in [0.2, 0.25) is 0 Å². The number of piperazine rings is 1. The second kappa shape index (κ2) is 4.68. The first-order valence-electron chi connectivity index (χ1n) is 6.85. The van der Waals surface area contributed by atoms with Crippen molar-refractivity contribution in [3.05, 3.63) is 23.1 Å². The number of carbonyl (C=O) groups is 2. The summed E-state index contributed by atoms with van der Waals surface area (Å²) in [6, 6.07) is 1.25. The molecular weight excluding hydrogens is 277 g/mol. The quantitative estimate of drug-likeness (QED) is 0.795. The molecule has 2 atom stereocenters. The minimum absolute atomic E-state index is 0.0473. The van der Waals surface area contributed by atoms with E-state index in [1.165, 1.54) is 17.9 Å². The average molecular weight is 293 g/mol. The van der Waals surface area contributed by atoms with Crippen molar-refractivity contribution in [1.82, 2.24) is 9.88 Å². The molecule has 1 aromatic rings. The highest BCUT2D eigenvalue weighted by molar-refractivity contribution is 5.93. The molecule has 6 nitrogen and oxygen atoms in total. The third-order valence-corrected chi connectivity index (χ3v) is 4.12. The van der Waals surface area contributed by atoms with Crippen LogP contribution in [0.1, 0.15) is 29.9 Å². The normalized spacial score (nSPS) is 23.8. The van der Waals surface area contributed by atoms with Crippen LogP contribution >= 0.6 is 0 Å². The number of amides is 1. The van der Waals surface area contributed by atoms with Gasteiger partial charge in [-0.15, -0.1) is 0 Å². The lowest BCUT2D eigenvalue weighted by atomic mass is 10.1. The molecule has 1 amide bonds. The Morgan fingerprint density at radius 2 is 2.14 bits per heavy atom. The highest BCUT2D eigenvalue weighted by Crippen LogP contribution is 2.36. The maximum Gasteiger partial charge on any atom is 0.407 e. The van der Waals surface area contributed by atoms with Gasteiger partial charge in [-0.3, -0.25) is 4.79 Å². The fraction of sp³-hybridized carbons (Fsp3) is 0.500. The van der Waals surface area contributed by atoms with Gasteiger partial charge in [0.05, 0.1) is 6.04 Å². The molecule has 0 unspecified atom stereocenters. The van der Waals surface area contributed by atoms with Crippen molar-refractivity contribution in [3.63, 3.8) is 0 Å². The van der Waals surface area contributed by atoms with Crippen molar-refractivity contribution in [2.24, 2.45) is 0 Å². The summed E-state index contributed by atoms with van der Waals surface area (Å²) in [5.74, 6) is -0.399. The Balaban J connectivity index is 1.99. The molecule has 2 aliphatic rings. The third kappa shape index (κ3) is 2.12. The Bertz CT molecular complexity index is 634. The Morgan fingerprint density at radius 3 is 2.76 bits per heavy atom. The van der Waals surface area contributed by atoms with Crippen LogP contribution in [-0.2, 0) is 6.42 Å². The number of fused-ring (bicyclic) bond motifs is 3. The Kier molecular flexibility index (Phi) is 3.07. The Labute approximate surface area is 121 Å². The maximum absolute atomic E-state index is 13.9. The summed E-state index contributed by atoms with van der Waals surface area (Å²) >= 11 is 0. The molecule has 0 aliphatic carbocycles. The van der Waals surface area contributed by atoms with Gasteiger partial charge in [-0.05, 0) is 25.0 Å². The van der Waals surface area contributed by atoms with Gasteiger partial charge >= 0.3 is 6.09 Å². The van der Waals surface area contributed by atoms with E-state index in [1.807, 2.05) is 11.8 Å². The van der Waals surface area contributed by atoms with Gasteiger partial charge in [-0.25, -0.2) is 14.2 Å². The van der Waals surface area contributed by atoms with E-state index in [-0.39, 0.29) is 17.8 Å². The average Bonchev–Trinajstić information content (AvgIpc) is 2.74. The Hall–Kier alpha value is -2.18. The standard InChI is InChI=1S/C14H16FN3O3/c1-7-5-17(14(20)21)6-10-3-9-4-11(15)12(8(2)19)16-13(9)18(7)10/h4,7,10H,3,5-6H2,1-2H3,(H,20,21)/t7-,10-/m1/s1. The van der Waals surface area contributed by atoms with Gasteiger partial charge in [-0.1, -0.05) is 0 Å². The van der Waals surface area contributed by atoms with E-state index in [1.54, 1.807) is 0 Å². The van der Waals surface area contributed by atoms with Crippen molar-refractivity contribution in [1.29, 1.82) is 0 Å². The van der Waals surface area contributed by atoms with Crippen LogP contribution in [0.5, 0.6) is 0 Å². The summed E-state index contributed by atoms with van der Waals surface area (Å²) in [6.07, 6.45) is -0.396. The predicted octanol–water partition coefficient (Wildman–Crippen LogP) is 1.54. The number of pyridine rings is 1. The number of carboxylic acid groups (broad SMARTS) is 1. The zero-order chi connectivity index (χ0) is 15.3. The molecule has 21 heavy (non-hydrogen) atoms. The first-order chi connectivity index (χ1) is 9.88. The van der Waals surface area contributed by atoms with E-state index in [9.17, 15) is 14.0 Å². The molecule has 0 saturated carbocycles. The van der Waals surface area contributed by atoms with Crippen LogP contribution < -0.4 is 4.90 Å². The fourth-order valence-corrected chi connectivity index (χ4v) is 3.28. The van der Waals surface area contributed by atoms with Gasteiger partial charge in [0.1, 0.15) is 11.5 Å². The molecule has 1 aromatic heterocycles. The third-order valence-electron chi connectivity index (χ3n) is 4.12. The molecule has 1 saturated heterocycles. The monoisotopic (exact) mass is 293 g/mol. The predicted molar refractivity (Wildman–Crippen MR) is 73.2 cm³/mol. The number of aromatic nitrogens is 1. The van der Waals surface area contributed by atoms with E-state index in [0.29, 0.717) is 25.3 Å². The number of ketones is 1. The molecule has 112 valence electrons. The van der Waals surface area contributed by atoms with E-state index < -0.39 is 17.7 Å². The zero-order valence-corrected chi connectivity index (χ0v) is 11.8. The first kappa shape index (κ1) is 13.8. The smallest absolute Gasteiger partial charge is 0.407 e. The second-order valence-corrected chi connectivity index (χ2v) is 5.66. The van der Waals surface area contributed by atoms with Crippen molar-refractivity contribution >= 4 is 17.7 Å². The highest BCUT2D eigenvalue weighted by Gasteiger charge is 2.41. The van der Waals surface area contributed by atoms with Gasteiger partial charge in [0.15, 0.2) is 11.6 Å². The molecule has 3 rings (SSSR count). The number of hydrogen-bond acceptors (Lipinski definition) is 4. The summed E-state index contributed by atoms with van der Waals surface area (Å²) in [5.41, 5.74) is 0.587. The summed E-state index contributed by atoms with van der Waals surface area (Å²) < 4.78 is 13.9. The van der Waals surface area contributed by atoms with Crippen LogP contribution in [0.3, 0.4) is 0 Å². The largest absolute Gasteiger partial charge is 0.465 e. The molecular formula is C14H16FN3O3. The second-order valence-electron chi connectivity index (χ2n) is 5.66. The lowest BCUT2D eigenvalue weighted by Gasteiger charge is -2.42. The van der Waals surface area contributed by atoms with Crippen molar-refractivity contribution in [2.45, 2.75) is 32.4 Å². The minimum Gasteiger partial charge on any atom is -0.465 e. The van der Waals surface area contributed by atoms with E-state index in [4.69, 9.17) is 5.11 Å². The van der Waals surface area contributed by atoms with Crippen LogP contribution in [0.25, 0.3) is 0 Å². The molecule has 3 heterocycles. The number of carbonyl (C=O) groups excluding carboxylic acids is 1. The molecule has 0 bridgehead atoms. The van der Waals surface area contributed by atoms with Crippen molar-refractivity contribution in [3.8, 4) is 0 Å². The van der Waals surface area contributed by atoms with Gasteiger partial charge in [-0.2, -0.15) is 0 Å². The lowest BCUT2D eigenvalue weighted by Crippen LogP contribution is -2.58. The first-order valence-corrected chi connectivity index (χ1v) is 6.85. The molecule has 1 N–H and O–H groups in total. The van der Waals surface area contributed by atoms with E-state index >= 15 is 0 Å². The number of rotatable bonds is 1.